The SMILES string of the molecule is CC(C)C(N)C(CO)SCc1ccco1. The fraction of sp³-hybridized carbons (Fsp3) is 0.636. The molecule has 0 saturated heterocycles. The highest BCUT2D eigenvalue weighted by Gasteiger charge is 2.20. The van der Waals surface area contributed by atoms with Crippen molar-refractivity contribution in [3.63, 3.8) is 0 Å². The summed E-state index contributed by atoms with van der Waals surface area (Å²) in [6.45, 7) is 4.26. The van der Waals surface area contributed by atoms with Gasteiger partial charge in [-0.05, 0) is 18.1 Å². The van der Waals surface area contributed by atoms with Gasteiger partial charge in [0.15, 0.2) is 0 Å². The van der Waals surface area contributed by atoms with Gasteiger partial charge in [-0.15, -0.1) is 11.8 Å². The number of hydrogen-bond donors (Lipinski definition) is 2. The Bertz CT molecular complexity index is 262. The minimum atomic E-state index is 0.0231. The van der Waals surface area contributed by atoms with Crippen molar-refractivity contribution < 1.29 is 9.52 Å². The first kappa shape index (κ1) is 12.6. The molecule has 1 heterocycles. The summed E-state index contributed by atoms with van der Waals surface area (Å²) >= 11 is 1.65. The van der Waals surface area contributed by atoms with E-state index in [0.29, 0.717) is 5.92 Å². The maximum atomic E-state index is 9.24. The molecule has 0 aliphatic carbocycles. The number of aliphatic hydroxyl groups is 1. The zero-order valence-electron chi connectivity index (χ0n) is 9.22. The molecule has 1 aromatic heterocycles. The molecule has 0 bridgehead atoms. The van der Waals surface area contributed by atoms with E-state index in [1.807, 2.05) is 12.1 Å². The van der Waals surface area contributed by atoms with Crippen LogP contribution in [0.15, 0.2) is 22.8 Å². The molecule has 1 aromatic rings. The molecule has 0 saturated carbocycles. The Morgan fingerprint density at radius 1 is 1.53 bits per heavy atom. The molecule has 2 unspecified atom stereocenters. The van der Waals surface area contributed by atoms with Crippen LogP contribution in [0.3, 0.4) is 0 Å². The molecule has 15 heavy (non-hydrogen) atoms. The van der Waals surface area contributed by atoms with E-state index in [1.165, 1.54) is 0 Å². The van der Waals surface area contributed by atoms with E-state index in [0.717, 1.165) is 11.5 Å². The van der Waals surface area contributed by atoms with Crippen LogP contribution in [-0.4, -0.2) is 23.0 Å². The first-order chi connectivity index (χ1) is 7.15. The molecule has 0 aliphatic heterocycles. The second-order valence-corrected chi connectivity index (χ2v) is 5.16. The summed E-state index contributed by atoms with van der Waals surface area (Å²) in [6, 6.07) is 3.82. The normalized spacial score (nSPS) is 15.5. The number of nitrogens with two attached hydrogens (primary N) is 1. The minimum absolute atomic E-state index is 0.0231. The van der Waals surface area contributed by atoms with Crippen molar-refractivity contribution in [1.82, 2.24) is 0 Å². The summed E-state index contributed by atoms with van der Waals surface area (Å²) in [7, 11) is 0. The topological polar surface area (TPSA) is 59.4 Å². The van der Waals surface area contributed by atoms with Gasteiger partial charge in [-0.1, -0.05) is 13.8 Å². The van der Waals surface area contributed by atoms with Gasteiger partial charge in [-0.25, -0.2) is 0 Å². The first-order valence-corrected chi connectivity index (χ1v) is 6.20. The lowest BCUT2D eigenvalue weighted by Gasteiger charge is -2.24. The van der Waals surface area contributed by atoms with E-state index in [4.69, 9.17) is 10.2 Å². The maximum Gasteiger partial charge on any atom is 0.113 e. The fourth-order valence-corrected chi connectivity index (χ4v) is 2.48. The second-order valence-electron chi connectivity index (χ2n) is 3.93. The van der Waals surface area contributed by atoms with Gasteiger partial charge in [0, 0.05) is 11.3 Å². The third-order valence-corrected chi connectivity index (χ3v) is 3.74. The smallest absolute Gasteiger partial charge is 0.113 e. The van der Waals surface area contributed by atoms with E-state index >= 15 is 0 Å². The summed E-state index contributed by atoms with van der Waals surface area (Å²) in [5, 5.41) is 9.32. The Kier molecular flexibility index (Phi) is 5.22. The van der Waals surface area contributed by atoms with Crippen molar-refractivity contribution in [2.24, 2.45) is 11.7 Å². The van der Waals surface area contributed by atoms with Crippen molar-refractivity contribution in [3.8, 4) is 0 Å². The quantitative estimate of drug-likeness (QED) is 0.781. The first-order valence-electron chi connectivity index (χ1n) is 5.15. The number of aliphatic hydroxyl groups excluding tert-OH is 1. The van der Waals surface area contributed by atoms with Gasteiger partial charge < -0.3 is 15.3 Å². The van der Waals surface area contributed by atoms with Gasteiger partial charge in [-0.3, -0.25) is 0 Å². The van der Waals surface area contributed by atoms with Crippen molar-refractivity contribution in [2.45, 2.75) is 30.9 Å². The Balaban J connectivity index is 2.40. The highest BCUT2D eigenvalue weighted by atomic mass is 32.2. The molecule has 86 valence electrons. The summed E-state index contributed by atoms with van der Waals surface area (Å²) in [6.07, 6.45) is 1.66. The zero-order valence-corrected chi connectivity index (χ0v) is 10.0. The average molecular weight is 229 g/mol. The lowest BCUT2D eigenvalue weighted by Crippen LogP contribution is -2.39. The molecule has 0 spiro atoms. The van der Waals surface area contributed by atoms with Crippen LogP contribution < -0.4 is 5.73 Å². The van der Waals surface area contributed by atoms with Crippen LogP contribution in [-0.2, 0) is 5.75 Å². The number of thioether (sulfide) groups is 1. The van der Waals surface area contributed by atoms with Crippen LogP contribution in [0.4, 0.5) is 0 Å². The monoisotopic (exact) mass is 229 g/mol. The fourth-order valence-electron chi connectivity index (χ4n) is 1.30. The lowest BCUT2D eigenvalue weighted by molar-refractivity contribution is 0.269. The summed E-state index contributed by atoms with van der Waals surface area (Å²) < 4.78 is 5.23. The largest absolute Gasteiger partial charge is 0.468 e. The Hall–Kier alpha value is -0.450. The van der Waals surface area contributed by atoms with Gasteiger partial charge in [-0.2, -0.15) is 0 Å². The predicted molar refractivity (Wildman–Crippen MR) is 63.7 cm³/mol. The molecule has 3 N–H and O–H groups in total. The lowest BCUT2D eigenvalue weighted by atomic mass is 10.0. The van der Waals surface area contributed by atoms with Gasteiger partial charge in [0.25, 0.3) is 0 Å². The van der Waals surface area contributed by atoms with Crippen LogP contribution in [0.5, 0.6) is 0 Å². The van der Waals surface area contributed by atoms with Gasteiger partial charge in [0.1, 0.15) is 5.76 Å². The number of furan rings is 1. The molecular formula is C11H19NO2S. The maximum absolute atomic E-state index is 9.24. The van der Waals surface area contributed by atoms with Crippen LogP contribution in [0, 0.1) is 5.92 Å². The van der Waals surface area contributed by atoms with Gasteiger partial charge >= 0.3 is 0 Å². The van der Waals surface area contributed by atoms with Gasteiger partial charge in [0.2, 0.25) is 0 Å². The van der Waals surface area contributed by atoms with Crippen LogP contribution in [0.25, 0.3) is 0 Å². The Labute approximate surface area is 95.0 Å². The van der Waals surface area contributed by atoms with E-state index in [-0.39, 0.29) is 17.9 Å². The molecule has 0 aliphatic rings. The Morgan fingerprint density at radius 2 is 2.27 bits per heavy atom. The van der Waals surface area contributed by atoms with Crippen molar-refractivity contribution in [3.05, 3.63) is 24.2 Å². The third-order valence-electron chi connectivity index (χ3n) is 2.40. The van der Waals surface area contributed by atoms with Crippen molar-refractivity contribution in [2.75, 3.05) is 6.61 Å². The average Bonchev–Trinajstić information content (AvgIpc) is 2.71. The molecular weight excluding hydrogens is 210 g/mol. The van der Waals surface area contributed by atoms with Crippen molar-refractivity contribution >= 4 is 11.8 Å². The molecule has 0 fully saturated rings. The second kappa shape index (κ2) is 6.20. The molecule has 4 heteroatoms. The van der Waals surface area contributed by atoms with Crippen LogP contribution in [0.2, 0.25) is 0 Å². The minimum Gasteiger partial charge on any atom is -0.468 e. The molecule has 0 amide bonds. The summed E-state index contributed by atoms with van der Waals surface area (Å²) in [4.78, 5) is 0. The number of hydrogen-bond acceptors (Lipinski definition) is 4. The van der Waals surface area contributed by atoms with Crippen molar-refractivity contribution in [1.29, 1.82) is 0 Å². The van der Waals surface area contributed by atoms with Gasteiger partial charge in [0.05, 0.1) is 18.6 Å². The summed E-state index contributed by atoms with van der Waals surface area (Å²) in [5.41, 5.74) is 6.00. The Morgan fingerprint density at radius 3 is 2.73 bits per heavy atom. The van der Waals surface area contributed by atoms with Crippen LogP contribution >= 0.6 is 11.8 Å². The molecule has 0 radical (unpaired) electrons. The van der Waals surface area contributed by atoms with E-state index in [9.17, 15) is 5.11 Å². The molecule has 3 nitrogen and oxygen atoms in total. The standard InChI is InChI=1S/C11H19NO2S/c1-8(2)11(12)10(6-13)15-7-9-4-3-5-14-9/h3-5,8,10-11,13H,6-7,12H2,1-2H3. The van der Waals surface area contributed by atoms with E-state index in [1.54, 1.807) is 18.0 Å². The zero-order chi connectivity index (χ0) is 11.3. The number of rotatable bonds is 6. The van der Waals surface area contributed by atoms with E-state index in [2.05, 4.69) is 13.8 Å². The highest BCUT2D eigenvalue weighted by molar-refractivity contribution is 7.99. The van der Waals surface area contributed by atoms with E-state index < -0.39 is 0 Å². The molecule has 0 aromatic carbocycles. The third kappa shape index (κ3) is 3.89. The molecule has 1 rings (SSSR count). The molecule has 2 atom stereocenters. The van der Waals surface area contributed by atoms with Crippen LogP contribution in [0.1, 0.15) is 19.6 Å². The highest BCUT2D eigenvalue weighted by Crippen LogP contribution is 2.22. The predicted octanol–water partition coefficient (Wildman–Crippen LogP) is 1.86. The summed E-state index contributed by atoms with van der Waals surface area (Å²) in [5.74, 6) is 2.07.